The summed E-state index contributed by atoms with van der Waals surface area (Å²) in [5.41, 5.74) is 2.01. The van der Waals surface area contributed by atoms with Crippen LogP contribution in [0, 0.1) is 0 Å². The normalized spacial score (nSPS) is 14.7. The lowest BCUT2D eigenvalue weighted by molar-refractivity contribution is 0.583. The fourth-order valence-corrected chi connectivity index (χ4v) is 5.16. The zero-order valence-electron chi connectivity index (χ0n) is 14.3. The van der Waals surface area contributed by atoms with Gasteiger partial charge in [-0.05, 0) is 35.8 Å². The molecule has 0 spiro atoms. The molecule has 0 aliphatic carbocycles. The summed E-state index contributed by atoms with van der Waals surface area (Å²) in [5.74, 6) is 0. The van der Waals surface area contributed by atoms with Crippen molar-refractivity contribution in [2.45, 2.75) is 18.2 Å². The molecular weight excluding hydrogens is 372 g/mol. The predicted octanol–water partition coefficient (Wildman–Crippen LogP) is 2.35. The number of nitrogens with zero attached hydrogens (tertiary/aromatic N) is 1. The van der Waals surface area contributed by atoms with E-state index in [9.17, 15) is 16.8 Å². The minimum absolute atomic E-state index is 0.0623. The smallest absolute Gasteiger partial charge is 0.257 e. The molecule has 0 fully saturated rings. The summed E-state index contributed by atoms with van der Waals surface area (Å²) >= 11 is 0. The van der Waals surface area contributed by atoms with Gasteiger partial charge in [0.1, 0.15) is 0 Å². The summed E-state index contributed by atoms with van der Waals surface area (Å²) in [4.78, 5) is 0.0623. The standard InChI is InChI=1S/C18H20N2O4S2/c1-2-19-26(23,24)17-9-8-16-10-12-20(18(16)14-17)25(21,22)13-11-15-6-4-3-5-7-15/h3-9,11,13-14,19H,2,10,12H2,1H3/b13-11+. The van der Waals surface area contributed by atoms with Crippen LogP contribution in [0.15, 0.2) is 58.8 Å². The molecule has 1 N–H and O–H groups in total. The van der Waals surface area contributed by atoms with Gasteiger partial charge in [-0.3, -0.25) is 4.31 Å². The second kappa shape index (κ2) is 7.22. The van der Waals surface area contributed by atoms with E-state index >= 15 is 0 Å². The Bertz CT molecular complexity index is 1030. The molecule has 6 nitrogen and oxygen atoms in total. The molecule has 0 saturated carbocycles. The molecule has 0 amide bonds. The number of benzene rings is 2. The van der Waals surface area contributed by atoms with Crippen molar-refractivity contribution in [1.29, 1.82) is 0 Å². The second-order valence-corrected chi connectivity index (χ2v) is 9.38. The molecule has 0 saturated heterocycles. The number of rotatable bonds is 6. The van der Waals surface area contributed by atoms with Crippen molar-refractivity contribution in [2.24, 2.45) is 0 Å². The second-order valence-electron chi connectivity index (χ2n) is 5.87. The third-order valence-electron chi connectivity index (χ3n) is 4.09. The van der Waals surface area contributed by atoms with Crippen molar-refractivity contribution in [3.63, 3.8) is 0 Å². The highest BCUT2D eigenvalue weighted by Crippen LogP contribution is 2.33. The molecule has 0 atom stereocenters. The third kappa shape index (κ3) is 3.82. The van der Waals surface area contributed by atoms with Crippen molar-refractivity contribution in [3.05, 3.63) is 65.1 Å². The lowest BCUT2D eigenvalue weighted by Crippen LogP contribution is -2.27. The van der Waals surface area contributed by atoms with Crippen LogP contribution in [0.2, 0.25) is 0 Å². The summed E-state index contributed by atoms with van der Waals surface area (Å²) < 4.78 is 53.5. The lowest BCUT2D eigenvalue weighted by atomic mass is 10.2. The Labute approximate surface area is 154 Å². The average molecular weight is 393 g/mol. The minimum Gasteiger partial charge on any atom is -0.266 e. The molecule has 0 unspecified atom stereocenters. The van der Waals surface area contributed by atoms with E-state index in [4.69, 9.17) is 0 Å². The highest BCUT2D eigenvalue weighted by atomic mass is 32.2. The molecule has 1 aliphatic heterocycles. The zero-order valence-corrected chi connectivity index (χ0v) is 15.9. The summed E-state index contributed by atoms with van der Waals surface area (Å²) in [6.45, 7) is 2.25. The van der Waals surface area contributed by atoms with Gasteiger partial charge >= 0.3 is 0 Å². The van der Waals surface area contributed by atoms with Crippen LogP contribution in [0.3, 0.4) is 0 Å². The Kier molecular flexibility index (Phi) is 5.17. The third-order valence-corrected chi connectivity index (χ3v) is 7.11. The van der Waals surface area contributed by atoms with E-state index in [1.165, 1.54) is 22.5 Å². The van der Waals surface area contributed by atoms with Crippen molar-refractivity contribution in [1.82, 2.24) is 4.72 Å². The first-order valence-corrected chi connectivity index (χ1v) is 11.2. The van der Waals surface area contributed by atoms with Crippen LogP contribution in [0.4, 0.5) is 5.69 Å². The minimum atomic E-state index is -3.71. The SMILES string of the molecule is CCNS(=O)(=O)c1ccc2c(c1)N(S(=O)(=O)/C=C/c1ccccc1)CC2. The van der Waals surface area contributed by atoms with Crippen LogP contribution in [-0.2, 0) is 26.5 Å². The summed E-state index contributed by atoms with van der Waals surface area (Å²) in [6.07, 6.45) is 2.09. The molecule has 0 radical (unpaired) electrons. The van der Waals surface area contributed by atoms with Gasteiger partial charge in [-0.2, -0.15) is 0 Å². The zero-order chi connectivity index (χ0) is 18.8. The first kappa shape index (κ1) is 18.6. The first-order valence-electron chi connectivity index (χ1n) is 8.22. The molecule has 0 aromatic heterocycles. The van der Waals surface area contributed by atoms with E-state index in [-0.39, 0.29) is 11.4 Å². The monoisotopic (exact) mass is 392 g/mol. The average Bonchev–Trinajstić information content (AvgIpc) is 3.05. The number of anilines is 1. The van der Waals surface area contributed by atoms with Crippen molar-refractivity contribution >= 4 is 31.8 Å². The molecule has 2 aromatic carbocycles. The Morgan fingerprint density at radius 1 is 1.08 bits per heavy atom. The van der Waals surface area contributed by atoms with Crippen LogP contribution >= 0.6 is 0 Å². The maximum absolute atomic E-state index is 12.7. The van der Waals surface area contributed by atoms with Gasteiger partial charge in [0, 0.05) is 13.1 Å². The van der Waals surface area contributed by atoms with Gasteiger partial charge in [0.15, 0.2) is 0 Å². The van der Waals surface area contributed by atoms with Gasteiger partial charge in [-0.1, -0.05) is 43.3 Å². The molecule has 8 heteroatoms. The largest absolute Gasteiger partial charge is 0.266 e. The summed E-state index contributed by atoms with van der Waals surface area (Å²) in [6, 6.07) is 13.7. The van der Waals surface area contributed by atoms with Crippen molar-refractivity contribution in [3.8, 4) is 0 Å². The van der Waals surface area contributed by atoms with Gasteiger partial charge in [-0.25, -0.2) is 21.6 Å². The number of hydrogen-bond acceptors (Lipinski definition) is 4. The van der Waals surface area contributed by atoms with Crippen LogP contribution in [0.1, 0.15) is 18.1 Å². The fraction of sp³-hybridized carbons (Fsp3) is 0.222. The summed E-state index contributed by atoms with van der Waals surface area (Å²) in [7, 11) is -7.35. The van der Waals surface area contributed by atoms with Crippen LogP contribution in [0.25, 0.3) is 6.08 Å². The maximum Gasteiger partial charge on any atom is 0.257 e. The fourth-order valence-electron chi connectivity index (χ4n) is 2.84. The van der Waals surface area contributed by atoms with Gasteiger partial charge in [0.05, 0.1) is 16.0 Å². The van der Waals surface area contributed by atoms with Gasteiger partial charge in [0.25, 0.3) is 10.0 Å². The van der Waals surface area contributed by atoms with E-state index in [2.05, 4.69) is 4.72 Å². The Morgan fingerprint density at radius 3 is 2.50 bits per heavy atom. The van der Waals surface area contributed by atoms with Gasteiger partial charge < -0.3 is 0 Å². The molecule has 138 valence electrons. The Morgan fingerprint density at radius 2 is 1.81 bits per heavy atom. The molecular formula is C18H20N2O4S2. The molecule has 3 rings (SSSR count). The van der Waals surface area contributed by atoms with Gasteiger partial charge in [-0.15, -0.1) is 0 Å². The highest BCUT2D eigenvalue weighted by Gasteiger charge is 2.29. The quantitative estimate of drug-likeness (QED) is 0.818. The van der Waals surface area contributed by atoms with Crippen LogP contribution in [-0.4, -0.2) is 29.9 Å². The summed E-state index contributed by atoms with van der Waals surface area (Å²) in [5, 5.41) is 1.16. The Hall–Kier alpha value is -2.16. The number of fused-ring (bicyclic) bond motifs is 1. The van der Waals surface area contributed by atoms with E-state index in [1.54, 1.807) is 13.0 Å². The molecule has 26 heavy (non-hydrogen) atoms. The van der Waals surface area contributed by atoms with E-state index in [0.29, 0.717) is 18.7 Å². The lowest BCUT2D eigenvalue weighted by Gasteiger charge is -2.18. The van der Waals surface area contributed by atoms with Crippen LogP contribution in [0.5, 0.6) is 0 Å². The molecule has 2 aromatic rings. The van der Waals surface area contributed by atoms with E-state index in [0.717, 1.165) is 16.5 Å². The van der Waals surface area contributed by atoms with Crippen molar-refractivity contribution in [2.75, 3.05) is 17.4 Å². The van der Waals surface area contributed by atoms with Crippen LogP contribution < -0.4 is 9.03 Å². The van der Waals surface area contributed by atoms with Crippen molar-refractivity contribution < 1.29 is 16.8 Å². The predicted molar refractivity (Wildman–Crippen MR) is 103 cm³/mol. The van der Waals surface area contributed by atoms with E-state index in [1.807, 2.05) is 30.3 Å². The number of hydrogen-bond donors (Lipinski definition) is 1. The molecule has 1 aliphatic rings. The van der Waals surface area contributed by atoms with Gasteiger partial charge in [0.2, 0.25) is 10.0 Å². The molecule has 1 heterocycles. The molecule has 0 bridgehead atoms. The Balaban J connectivity index is 1.94. The number of sulfonamides is 2. The maximum atomic E-state index is 12.7. The number of nitrogens with one attached hydrogen (secondary N) is 1. The highest BCUT2D eigenvalue weighted by molar-refractivity contribution is 7.95. The topological polar surface area (TPSA) is 83.6 Å². The van der Waals surface area contributed by atoms with E-state index < -0.39 is 20.0 Å². The first-order chi connectivity index (χ1) is 12.3.